The molecule has 2 aromatic rings. The topological polar surface area (TPSA) is 78.4 Å². The monoisotopic (exact) mass is 328 g/mol. The smallest absolute Gasteiger partial charge is 0.335 e. The first-order valence-electron chi connectivity index (χ1n) is 6.90. The van der Waals surface area contributed by atoms with Crippen molar-refractivity contribution in [3.8, 4) is 0 Å². The molecule has 0 fully saturated rings. The summed E-state index contributed by atoms with van der Waals surface area (Å²) in [6, 6.07) is 11.8. The van der Waals surface area contributed by atoms with Crippen molar-refractivity contribution in [1.82, 2.24) is 5.32 Å². The van der Waals surface area contributed by atoms with Crippen LogP contribution in [0.15, 0.2) is 42.5 Å². The Morgan fingerprint density at radius 2 is 1.61 bits per heavy atom. The summed E-state index contributed by atoms with van der Waals surface area (Å²) in [4.78, 5) is 23.0. The van der Waals surface area contributed by atoms with Gasteiger partial charge in [0.1, 0.15) is 0 Å². The van der Waals surface area contributed by atoms with Crippen LogP contribution in [0.25, 0.3) is 0 Å². The SMILES string of the molecule is Cc1ccc(C(=O)NC(=S)Nc2ccc(C(=O)O)cc2C)cc1. The first-order valence-corrected chi connectivity index (χ1v) is 7.30. The summed E-state index contributed by atoms with van der Waals surface area (Å²) in [6.07, 6.45) is 0. The lowest BCUT2D eigenvalue weighted by Crippen LogP contribution is -2.34. The van der Waals surface area contributed by atoms with E-state index in [1.165, 1.54) is 12.1 Å². The number of aryl methyl sites for hydroxylation is 2. The van der Waals surface area contributed by atoms with E-state index < -0.39 is 5.97 Å². The quantitative estimate of drug-likeness (QED) is 0.755. The maximum Gasteiger partial charge on any atom is 0.335 e. The van der Waals surface area contributed by atoms with Crippen LogP contribution in [0.3, 0.4) is 0 Å². The van der Waals surface area contributed by atoms with E-state index in [0.717, 1.165) is 11.1 Å². The second-order valence-electron chi connectivity index (χ2n) is 5.11. The Kier molecular flexibility index (Phi) is 5.08. The van der Waals surface area contributed by atoms with Gasteiger partial charge in [0.2, 0.25) is 0 Å². The predicted molar refractivity (Wildman–Crippen MR) is 93.0 cm³/mol. The van der Waals surface area contributed by atoms with E-state index in [9.17, 15) is 9.59 Å². The average molecular weight is 328 g/mol. The van der Waals surface area contributed by atoms with Crippen molar-refractivity contribution >= 4 is 34.9 Å². The lowest BCUT2D eigenvalue weighted by molar-refractivity contribution is 0.0696. The maximum atomic E-state index is 12.1. The van der Waals surface area contributed by atoms with Gasteiger partial charge in [-0.05, 0) is 62.0 Å². The van der Waals surface area contributed by atoms with Crippen LogP contribution in [0.2, 0.25) is 0 Å². The van der Waals surface area contributed by atoms with Crippen molar-refractivity contribution in [2.45, 2.75) is 13.8 Å². The third-order valence-electron chi connectivity index (χ3n) is 3.26. The van der Waals surface area contributed by atoms with Crippen molar-refractivity contribution in [1.29, 1.82) is 0 Å². The molecule has 0 radical (unpaired) electrons. The molecule has 0 saturated heterocycles. The van der Waals surface area contributed by atoms with Gasteiger partial charge in [0.05, 0.1) is 5.56 Å². The van der Waals surface area contributed by atoms with Crippen molar-refractivity contribution in [3.63, 3.8) is 0 Å². The van der Waals surface area contributed by atoms with Crippen LogP contribution in [0.1, 0.15) is 31.8 Å². The lowest BCUT2D eigenvalue weighted by Gasteiger charge is -2.12. The molecule has 0 aliphatic carbocycles. The molecule has 2 aromatic carbocycles. The van der Waals surface area contributed by atoms with Gasteiger partial charge >= 0.3 is 5.97 Å². The van der Waals surface area contributed by atoms with Crippen molar-refractivity contribution in [2.75, 3.05) is 5.32 Å². The van der Waals surface area contributed by atoms with Crippen molar-refractivity contribution < 1.29 is 14.7 Å². The van der Waals surface area contributed by atoms with E-state index in [1.54, 1.807) is 25.1 Å². The van der Waals surface area contributed by atoms with Gasteiger partial charge < -0.3 is 10.4 Å². The molecule has 0 heterocycles. The zero-order valence-corrected chi connectivity index (χ0v) is 13.5. The molecule has 0 unspecified atom stereocenters. The average Bonchev–Trinajstić information content (AvgIpc) is 2.49. The third kappa shape index (κ3) is 4.37. The Hall–Kier alpha value is -2.73. The van der Waals surface area contributed by atoms with E-state index in [2.05, 4.69) is 10.6 Å². The number of rotatable bonds is 3. The molecular formula is C17H16N2O3S. The molecule has 3 N–H and O–H groups in total. The molecule has 2 rings (SSSR count). The number of carboxylic acid groups (broad SMARTS) is 1. The number of benzene rings is 2. The summed E-state index contributed by atoms with van der Waals surface area (Å²) in [6.45, 7) is 3.70. The van der Waals surface area contributed by atoms with Crippen molar-refractivity contribution in [3.05, 3.63) is 64.7 Å². The Labute approximate surface area is 139 Å². The number of carboxylic acids is 1. The zero-order valence-electron chi connectivity index (χ0n) is 12.7. The maximum absolute atomic E-state index is 12.1. The van der Waals surface area contributed by atoms with E-state index in [0.29, 0.717) is 11.3 Å². The number of anilines is 1. The fourth-order valence-electron chi connectivity index (χ4n) is 1.97. The number of thiocarbonyl (C=S) groups is 1. The van der Waals surface area contributed by atoms with Crippen LogP contribution in [0.4, 0.5) is 5.69 Å². The molecule has 0 aliphatic rings. The highest BCUT2D eigenvalue weighted by atomic mass is 32.1. The summed E-state index contributed by atoms with van der Waals surface area (Å²) < 4.78 is 0. The van der Waals surface area contributed by atoms with Gasteiger partial charge in [-0.15, -0.1) is 0 Å². The summed E-state index contributed by atoms with van der Waals surface area (Å²) in [5.41, 5.74) is 3.14. The number of hydrogen-bond acceptors (Lipinski definition) is 3. The number of aromatic carboxylic acids is 1. The van der Waals surface area contributed by atoms with E-state index >= 15 is 0 Å². The van der Waals surface area contributed by atoms with Crippen LogP contribution < -0.4 is 10.6 Å². The van der Waals surface area contributed by atoms with Gasteiger partial charge in [0.25, 0.3) is 5.91 Å². The zero-order chi connectivity index (χ0) is 17.0. The summed E-state index contributed by atoms with van der Waals surface area (Å²) >= 11 is 5.12. The van der Waals surface area contributed by atoms with E-state index in [4.69, 9.17) is 17.3 Å². The number of carbonyl (C=O) groups is 2. The van der Waals surface area contributed by atoms with E-state index in [-0.39, 0.29) is 16.6 Å². The second kappa shape index (κ2) is 7.02. The fourth-order valence-corrected chi connectivity index (χ4v) is 2.17. The Balaban J connectivity index is 2.03. The lowest BCUT2D eigenvalue weighted by atomic mass is 10.1. The normalized spacial score (nSPS) is 10.0. The molecule has 0 spiro atoms. The molecule has 6 heteroatoms. The van der Waals surface area contributed by atoms with Gasteiger partial charge in [-0.25, -0.2) is 4.79 Å². The minimum atomic E-state index is -0.991. The highest BCUT2D eigenvalue weighted by molar-refractivity contribution is 7.80. The van der Waals surface area contributed by atoms with Gasteiger partial charge in [-0.1, -0.05) is 17.7 Å². The van der Waals surface area contributed by atoms with Crippen molar-refractivity contribution in [2.24, 2.45) is 0 Å². The third-order valence-corrected chi connectivity index (χ3v) is 3.47. The Bertz CT molecular complexity index is 770. The Morgan fingerprint density at radius 1 is 1.00 bits per heavy atom. The molecule has 23 heavy (non-hydrogen) atoms. The summed E-state index contributed by atoms with van der Waals surface area (Å²) in [5.74, 6) is -1.29. The van der Waals surface area contributed by atoms with Gasteiger partial charge in [0, 0.05) is 11.3 Å². The fraction of sp³-hybridized carbons (Fsp3) is 0.118. The number of amides is 1. The Morgan fingerprint density at radius 3 is 2.17 bits per heavy atom. The highest BCUT2D eigenvalue weighted by Crippen LogP contribution is 2.16. The van der Waals surface area contributed by atoms with Crippen LogP contribution >= 0.6 is 12.2 Å². The molecule has 5 nitrogen and oxygen atoms in total. The predicted octanol–water partition coefficient (Wildman–Crippen LogP) is 3.13. The summed E-state index contributed by atoms with van der Waals surface area (Å²) in [5, 5.41) is 14.6. The van der Waals surface area contributed by atoms with E-state index in [1.807, 2.05) is 19.1 Å². The first-order chi connectivity index (χ1) is 10.9. The van der Waals surface area contributed by atoms with Gasteiger partial charge in [0.15, 0.2) is 5.11 Å². The van der Waals surface area contributed by atoms with Crippen LogP contribution in [-0.2, 0) is 0 Å². The van der Waals surface area contributed by atoms with Crippen LogP contribution in [-0.4, -0.2) is 22.1 Å². The molecule has 0 saturated carbocycles. The molecule has 0 aromatic heterocycles. The second-order valence-corrected chi connectivity index (χ2v) is 5.52. The number of hydrogen-bond donors (Lipinski definition) is 3. The molecule has 0 bridgehead atoms. The van der Waals surface area contributed by atoms with Gasteiger partial charge in [-0.2, -0.15) is 0 Å². The van der Waals surface area contributed by atoms with Gasteiger partial charge in [-0.3, -0.25) is 10.1 Å². The van der Waals surface area contributed by atoms with Crippen LogP contribution in [0, 0.1) is 13.8 Å². The molecular weight excluding hydrogens is 312 g/mol. The molecule has 0 atom stereocenters. The minimum absolute atomic E-state index is 0.154. The minimum Gasteiger partial charge on any atom is -0.478 e. The highest BCUT2D eigenvalue weighted by Gasteiger charge is 2.10. The molecule has 0 aliphatic heterocycles. The number of nitrogens with one attached hydrogen (secondary N) is 2. The molecule has 1 amide bonds. The number of carbonyl (C=O) groups excluding carboxylic acids is 1. The summed E-state index contributed by atoms with van der Waals surface area (Å²) in [7, 11) is 0. The first kappa shape index (κ1) is 16.6. The standard InChI is InChI=1S/C17H16N2O3S/c1-10-3-5-12(6-4-10)15(20)19-17(23)18-14-8-7-13(16(21)22)9-11(14)2/h3-9H,1-2H3,(H,21,22)(H2,18,19,20,23). The molecule has 118 valence electrons. The van der Waals surface area contributed by atoms with Crippen LogP contribution in [0.5, 0.6) is 0 Å². The largest absolute Gasteiger partial charge is 0.478 e.